The summed E-state index contributed by atoms with van der Waals surface area (Å²) in [5, 5.41) is 0. The van der Waals surface area contributed by atoms with Crippen molar-refractivity contribution in [2.75, 3.05) is 25.2 Å². The van der Waals surface area contributed by atoms with Gasteiger partial charge in [0, 0.05) is 24.7 Å². The van der Waals surface area contributed by atoms with E-state index in [1.165, 1.54) is 81.1 Å². The van der Waals surface area contributed by atoms with E-state index < -0.39 is 0 Å². The number of halogens is 1. The van der Waals surface area contributed by atoms with Gasteiger partial charge in [-0.05, 0) is 49.6 Å². The molecule has 3 rings (SSSR count). The zero-order chi connectivity index (χ0) is 30.0. The van der Waals surface area contributed by atoms with Crippen LogP contribution in [0.15, 0.2) is 54.2 Å². The highest BCUT2D eigenvalue weighted by Crippen LogP contribution is 2.29. The molecule has 1 amide bonds. The van der Waals surface area contributed by atoms with Gasteiger partial charge in [-0.3, -0.25) is 4.79 Å². The first-order valence-electron chi connectivity index (χ1n) is 16.1. The van der Waals surface area contributed by atoms with E-state index >= 15 is 0 Å². The standard InChI is InChI=1S/C36H53N2O3S.BrH/c1-5-6-7-8-9-10-11-12-13-14-15-16-25-41-35-22-19-32(26-36(35)40-4)23-24-38(31(3)39)34-20-17-33(18-21-34)28-37-27-30(2)42-29-37;/h17-22,26-27,29H,5-16,23-25,28H2,1-4H3;1H/q+1;/p-1. The monoisotopic (exact) mass is 672 g/mol. The van der Waals surface area contributed by atoms with Crippen LogP contribution >= 0.6 is 11.3 Å². The number of aryl methyl sites for hydroxylation is 1. The topological polar surface area (TPSA) is 42.7 Å². The molecular formula is C36H53BrN2O3S. The molecule has 0 fully saturated rings. The molecule has 1 aromatic heterocycles. The number of aromatic nitrogens is 1. The van der Waals surface area contributed by atoms with Gasteiger partial charge in [0.15, 0.2) is 24.2 Å². The molecule has 0 N–H and O–H groups in total. The van der Waals surface area contributed by atoms with Gasteiger partial charge in [0.2, 0.25) is 11.4 Å². The normalized spacial score (nSPS) is 10.8. The fourth-order valence-corrected chi connectivity index (χ4v) is 5.97. The highest BCUT2D eigenvalue weighted by atomic mass is 79.9. The van der Waals surface area contributed by atoms with Crippen molar-refractivity contribution in [3.05, 3.63) is 70.2 Å². The van der Waals surface area contributed by atoms with Crippen LogP contribution in [0, 0.1) is 6.92 Å². The summed E-state index contributed by atoms with van der Waals surface area (Å²) in [5.74, 6) is 1.59. The minimum Gasteiger partial charge on any atom is -1.00 e. The van der Waals surface area contributed by atoms with Crippen LogP contribution in [0.1, 0.15) is 107 Å². The Balaban J connectivity index is 0.00000645. The predicted molar refractivity (Wildman–Crippen MR) is 176 cm³/mol. The summed E-state index contributed by atoms with van der Waals surface area (Å²) in [4.78, 5) is 15.6. The first-order valence-corrected chi connectivity index (χ1v) is 17.0. The molecule has 43 heavy (non-hydrogen) atoms. The molecule has 1 heterocycles. The van der Waals surface area contributed by atoms with Gasteiger partial charge < -0.3 is 31.4 Å². The summed E-state index contributed by atoms with van der Waals surface area (Å²) in [5.41, 5.74) is 5.40. The van der Waals surface area contributed by atoms with E-state index in [9.17, 15) is 4.79 Å². The van der Waals surface area contributed by atoms with Crippen LogP contribution in [0.2, 0.25) is 0 Å². The molecule has 5 nitrogen and oxygen atoms in total. The van der Waals surface area contributed by atoms with Crippen LogP contribution in [-0.2, 0) is 17.8 Å². The lowest BCUT2D eigenvalue weighted by atomic mass is 10.1. The largest absolute Gasteiger partial charge is 1.00 e. The summed E-state index contributed by atoms with van der Waals surface area (Å²) in [6.07, 6.45) is 18.9. The Kier molecular flexibility index (Phi) is 18.3. The number of benzene rings is 2. The molecule has 0 aliphatic rings. The number of rotatable bonds is 21. The second kappa shape index (κ2) is 21.3. The Morgan fingerprint density at radius 1 is 0.837 bits per heavy atom. The van der Waals surface area contributed by atoms with Gasteiger partial charge in [0.05, 0.1) is 18.6 Å². The molecule has 0 saturated carbocycles. The van der Waals surface area contributed by atoms with E-state index in [0.29, 0.717) is 13.2 Å². The Bertz CT molecular complexity index is 1180. The van der Waals surface area contributed by atoms with Gasteiger partial charge in [-0.15, -0.1) is 0 Å². The lowest BCUT2D eigenvalue weighted by Crippen LogP contribution is -3.00. The van der Waals surface area contributed by atoms with Crippen LogP contribution in [0.4, 0.5) is 5.69 Å². The molecule has 0 unspecified atom stereocenters. The number of anilines is 1. The average molecular weight is 674 g/mol. The van der Waals surface area contributed by atoms with E-state index in [4.69, 9.17) is 9.47 Å². The van der Waals surface area contributed by atoms with E-state index in [-0.39, 0.29) is 22.9 Å². The fraction of sp³-hybridized carbons (Fsp3) is 0.556. The molecule has 0 aliphatic heterocycles. The summed E-state index contributed by atoms with van der Waals surface area (Å²) in [7, 11) is 1.69. The van der Waals surface area contributed by atoms with Crippen LogP contribution in [0.3, 0.4) is 0 Å². The highest BCUT2D eigenvalue weighted by Gasteiger charge is 2.14. The van der Waals surface area contributed by atoms with E-state index in [0.717, 1.165) is 42.1 Å². The molecule has 0 spiro atoms. The minimum absolute atomic E-state index is 0. The molecular weight excluding hydrogens is 620 g/mol. The maximum Gasteiger partial charge on any atom is 0.225 e. The van der Waals surface area contributed by atoms with E-state index in [2.05, 4.69) is 48.3 Å². The summed E-state index contributed by atoms with van der Waals surface area (Å²) < 4.78 is 13.9. The van der Waals surface area contributed by atoms with Crippen LogP contribution in [0.25, 0.3) is 0 Å². The van der Waals surface area contributed by atoms with Gasteiger partial charge >= 0.3 is 0 Å². The molecule has 0 saturated heterocycles. The quantitative estimate of drug-likeness (QED) is 0.102. The third-order valence-corrected chi connectivity index (χ3v) is 8.68. The van der Waals surface area contributed by atoms with Crippen molar-refractivity contribution in [2.45, 2.75) is 111 Å². The molecule has 0 atom stereocenters. The third kappa shape index (κ3) is 13.9. The number of hydrogen-bond donors (Lipinski definition) is 0. The zero-order valence-corrected chi connectivity index (χ0v) is 29.3. The number of methoxy groups -OCH3 is 1. The van der Waals surface area contributed by atoms with Crippen molar-refractivity contribution in [1.82, 2.24) is 0 Å². The number of amides is 1. The molecule has 0 bridgehead atoms. The Labute approximate surface area is 275 Å². The first kappa shape index (κ1) is 36.8. The number of ether oxygens (including phenoxy) is 2. The van der Waals surface area contributed by atoms with Crippen molar-refractivity contribution < 1.29 is 35.8 Å². The van der Waals surface area contributed by atoms with Crippen molar-refractivity contribution in [2.24, 2.45) is 0 Å². The van der Waals surface area contributed by atoms with Gasteiger partial charge in [-0.25, -0.2) is 0 Å². The SMILES string of the molecule is CCCCCCCCCCCCCCOc1ccc(CCN(C(C)=O)c2ccc(C[n+]3csc(C)c3)cc2)cc1OC.[Br-]. The number of thiazole rings is 1. The third-order valence-electron chi connectivity index (χ3n) is 7.82. The van der Waals surface area contributed by atoms with Crippen molar-refractivity contribution in [1.29, 1.82) is 0 Å². The zero-order valence-electron chi connectivity index (χ0n) is 26.9. The van der Waals surface area contributed by atoms with Crippen LogP contribution < -0.4 is 35.9 Å². The summed E-state index contributed by atoms with van der Waals surface area (Å²) in [6, 6.07) is 14.4. The number of carbonyl (C=O) groups is 1. The lowest BCUT2D eigenvalue weighted by molar-refractivity contribution is -0.683. The maximum atomic E-state index is 12.5. The van der Waals surface area contributed by atoms with Crippen molar-refractivity contribution >= 4 is 22.9 Å². The first-order chi connectivity index (χ1) is 20.5. The molecule has 238 valence electrons. The minimum atomic E-state index is 0. The number of carbonyl (C=O) groups excluding carboxylic acids is 1. The molecule has 0 radical (unpaired) electrons. The van der Waals surface area contributed by atoms with Crippen molar-refractivity contribution in [3.8, 4) is 11.5 Å². The average Bonchev–Trinajstić information content (AvgIpc) is 3.40. The van der Waals surface area contributed by atoms with Gasteiger partial charge in [-0.2, -0.15) is 4.57 Å². The van der Waals surface area contributed by atoms with Gasteiger partial charge in [0.25, 0.3) is 0 Å². The number of unbranched alkanes of at least 4 members (excludes halogenated alkanes) is 11. The van der Waals surface area contributed by atoms with E-state index in [1.807, 2.05) is 29.2 Å². The number of nitrogens with zero attached hydrogens (tertiary/aromatic N) is 2. The fourth-order valence-electron chi connectivity index (χ4n) is 5.34. The molecule has 2 aromatic carbocycles. The molecule has 0 aliphatic carbocycles. The number of hydrogen-bond acceptors (Lipinski definition) is 4. The molecule has 3 aromatic rings. The van der Waals surface area contributed by atoms with Crippen LogP contribution in [0.5, 0.6) is 11.5 Å². The second-order valence-electron chi connectivity index (χ2n) is 11.4. The van der Waals surface area contributed by atoms with Gasteiger partial charge in [-0.1, -0.05) is 107 Å². The Morgan fingerprint density at radius 2 is 1.44 bits per heavy atom. The second-order valence-corrected chi connectivity index (χ2v) is 12.5. The predicted octanol–water partition coefficient (Wildman–Crippen LogP) is 6.08. The summed E-state index contributed by atoms with van der Waals surface area (Å²) >= 11 is 1.75. The smallest absolute Gasteiger partial charge is 0.225 e. The lowest BCUT2D eigenvalue weighted by Gasteiger charge is -2.22. The Morgan fingerprint density at radius 3 is 2.00 bits per heavy atom. The van der Waals surface area contributed by atoms with Crippen LogP contribution in [-0.4, -0.2) is 26.2 Å². The molecule has 7 heteroatoms. The van der Waals surface area contributed by atoms with Gasteiger partial charge in [0.1, 0.15) is 0 Å². The highest BCUT2D eigenvalue weighted by molar-refractivity contribution is 7.09. The van der Waals surface area contributed by atoms with E-state index in [1.54, 1.807) is 25.4 Å². The summed E-state index contributed by atoms with van der Waals surface area (Å²) in [6.45, 7) is 8.18. The Hall–Kier alpha value is -2.38. The van der Waals surface area contributed by atoms with Crippen molar-refractivity contribution in [3.63, 3.8) is 0 Å². The maximum absolute atomic E-state index is 12.5.